The lowest BCUT2D eigenvalue weighted by Crippen LogP contribution is -2.47. The molecule has 8 heteroatoms. The van der Waals surface area contributed by atoms with E-state index in [1.54, 1.807) is 17.8 Å². The van der Waals surface area contributed by atoms with Gasteiger partial charge in [0, 0.05) is 53.7 Å². The lowest BCUT2D eigenvalue weighted by Gasteiger charge is -2.36. The minimum atomic E-state index is -0.157. The third-order valence-corrected chi connectivity index (χ3v) is 8.45. The number of fused-ring (bicyclic) bond motifs is 2. The highest BCUT2D eigenvalue weighted by Crippen LogP contribution is 2.37. The maximum atomic E-state index is 14.0. The number of pyridine rings is 1. The first-order valence-electron chi connectivity index (χ1n) is 12.8. The van der Waals surface area contributed by atoms with Crippen LogP contribution >= 0.6 is 23.4 Å². The van der Waals surface area contributed by atoms with Crippen molar-refractivity contribution >= 4 is 45.9 Å². The molecule has 0 atom stereocenters. The highest BCUT2D eigenvalue weighted by atomic mass is 35.5. The number of rotatable bonds is 8. The van der Waals surface area contributed by atoms with Crippen LogP contribution in [0.25, 0.3) is 10.9 Å². The molecule has 190 valence electrons. The van der Waals surface area contributed by atoms with Gasteiger partial charge in [-0.25, -0.2) is 4.39 Å². The number of para-hydroxylation sites is 1. The molecule has 2 heterocycles. The number of benzene rings is 2. The van der Waals surface area contributed by atoms with Crippen molar-refractivity contribution in [1.82, 2.24) is 15.2 Å². The van der Waals surface area contributed by atoms with E-state index in [1.807, 2.05) is 30.3 Å². The third kappa shape index (κ3) is 5.96. The molecule has 0 radical (unpaired) electrons. The van der Waals surface area contributed by atoms with E-state index in [0.717, 1.165) is 69.3 Å². The van der Waals surface area contributed by atoms with Gasteiger partial charge in [0.25, 0.3) is 0 Å². The Morgan fingerprint density at radius 1 is 1.08 bits per heavy atom. The number of thioether (sulfide) groups is 1. The number of hydrogen-bond donors (Lipinski definition) is 1. The van der Waals surface area contributed by atoms with Gasteiger partial charge in [0.15, 0.2) is 0 Å². The number of aryl methyl sites for hydroxylation is 1. The first-order chi connectivity index (χ1) is 17.6. The van der Waals surface area contributed by atoms with Gasteiger partial charge in [-0.05, 0) is 74.5 Å². The van der Waals surface area contributed by atoms with E-state index >= 15 is 0 Å². The number of piperazine rings is 1. The van der Waals surface area contributed by atoms with Crippen molar-refractivity contribution in [2.45, 2.75) is 37.0 Å². The summed E-state index contributed by atoms with van der Waals surface area (Å²) < 4.78 is 14.0. The summed E-state index contributed by atoms with van der Waals surface area (Å²) >= 11 is 7.90. The van der Waals surface area contributed by atoms with Gasteiger partial charge in [-0.15, -0.1) is 11.8 Å². The largest absolute Gasteiger partial charge is 0.367 e. The number of nitrogens with zero attached hydrogens (tertiary/aromatic N) is 3. The number of carbonyl (C=O) groups is 1. The molecular weight excluding hydrogens is 495 g/mol. The summed E-state index contributed by atoms with van der Waals surface area (Å²) in [6, 6.07) is 12.8. The molecule has 1 aliphatic carbocycles. The average molecular weight is 527 g/mol. The van der Waals surface area contributed by atoms with Gasteiger partial charge in [-0.2, -0.15) is 0 Å². The molecule has 0 saturated carbocycles. The van der Waals surface area contributed by atoms with Gasteiger partial charge in [-0.3, -0.25) is 14.7 Å². The first kappa shape index (κ1) is 25.3. The molecule has 0 unspecified atom stereocenters. The van der Waals surface area contributed by atoms with Crippen LogP contribution in [-0.4, -0.2) is 60.8 Å². The maximum absolute atomic E-state index is 14.0. The molecular formula is C28H32ClFN4OS. The fraction of sp³-hybridized carbons (Fsp3) is 0.429. The summed E-state index contributed by atoms with van der Waals surface area (Å²) in [5.41, 5.74) is 4.11. The molecule has 3 aromatic rings. The number of halogens is 2. The van der Waals surface area contributed by atoms with E-state index in [1.165, 1.54) is 28.6 Å². The van der Waals surface area contributed by atoms with Crippen LogP contribution in [-0.2, 0) is 17.6 Å². The highest BCUT2D eigenvalue weighted by Gasteiger charge is 2.21. The van der Waals surface area contributed by atoms with Crippen molar-refractivity contribution in [2.75, 3.05) is 49.9 Å². The second-order valence-corrected chi connectivity index (χ2v) is 10.9. The molecule has 2 aliphatic rings. The summed E-state index contributed by atoms with van der Waals surface area (Å²) in [6.45, 7) is 5.03. The van der Waals surface area contributed by atoms with Crippen LogP contribution in [0.1, 0.15) is 30.5 Å². The number of nitrogens with one attached hydrogen (secondary N) is 1. The summed E-state index contributed by atoms with van der Waals surface area (Å²) in [5, 5.41) is 4.83. The molecule has 1 fully saturated rings. The van der Waals surface area contributed by atoms with Gasteiger partial charge in [0.05, 0.1) is 17.0 Å². The monoisotopic (exact) mass is 526 g/mol. The van der Waals surface area contributed by atoms with Crippen molar-refractivity contribution in [3.05, 3.63) is 64.6 Å². The van der Waals surface area contributed by atoms with Crippen molar-refractivity contribution < 1.29 is 9.18 Å². The summed E-state index contributed by atoms with van der Waals surface area (Å²) in [4.78, 5) is 23.2. The zero-order chi connectivity index (χ0) is 24.9. The Morgan fingerprint density at radius 3 is 2.72 bits per heavy atom. The molecule has 36 heavy (non-hydrogen) atoms. The minimum absolute atomic E-state index is 0.0564. The normalized spacial score (nSPS) is 16.2. The predicted molar refractivity (Wildman–Crippen MR) is 147 cm³/mol. The van der Waals surface area contributed by atoms with E-state index in [2.05, 4.69) is 15.1 Å². The van der Waals surface area contributed by atoms with E-state index in [-0.39, 0.29) is 11.7 Å². The molecule has 1 N–H and O–H groups in total. The van der Waals surface area contributed by atoms with Gasteiger partial charge in [0.1, 0.15) is 5.82 Å². The zero-order valence-corrected chi connectivity index (χ0v) is 22.0. The molecule has 0 bridgehead atoms. The quantitative estimate of drug-likeness (QED) is 0.318. The molecule has 0 spiro atoms. The van der Waals surface area contributed by atoms with Gasteiger partial charge in [0.2, 0.25) is 5.91 Å². The Labute approximate surface area is 221 Å². The highest BCUT2D eigenvalue weighted by molar-refractivity contribution is 8.00. The standard InChI is InChI=1S/C28H32ClFN4OS/c29-20-10-11-25-22(18-20)28(21-6-1-3-8-24(21)32-25)36-19-27(35)31-12-5-13-33-14-16-34(17-15-33)26-9-4-2-7-23(26)30/h2,4,7,9-11,18H,1,3,5-6,8,12-17,19H2,(H,31,35). The fourth-order valence-corrected chi connectivity index (χ4v) is 6.42. The van der Waals surface area contributed by atoms with Gasteiger partial charge >= 0.3 is 0 Å². The van der Waals surface area contributed by atoms with Gasteiger partial charge < -0.3 is 10.2 Å². The number of carbonyl (C=O) groups excluding carboxylic acids is 1. The van der Waals surface area contributed by atoms with Crippen LogP contribution in [0.5, 0.6) is 0 Å². The average Bonchev–Trinajstić information content (AvgIpc) is 2.90. The SMILES string of the molecule is O=C(CSc1c2c(nc3ccc(Cl)cc13)CCCC2)NCCCN1CCN(c2ccccc2F)CC1. The molecule has 5 rings (SSSR count). The van der Waals surface area contributed by atoms with Crippen molar-refractivity contribution in [3.63, 3.8) is 0 Å². The van der Waals surface area contributed by atoms with Crippen LogP contribution in [0, 0.1) is 5.82 Å². The Kier molecular flexibility index (Phi) is 8.29. The maximum Gasteiger partial charge on any atom is 0.230 e. The third-order valence-electron chi connectivity index (χ3n) is 7.06. The van der Waals surface area contributed by atoms with Crippen LogP contribution in [0.3, 0.4) is 0 Å². The van der Waals surface area contributed by atoms with Crippen LogP contribution in [0.15, 0.2) is 47.4 Å². The number of hydrogen-bond acceptors (Lipinski definition) is 5. The van der Waals surface area contributed by atoms with Gasteiger partial charge in [-0.1, -0.05) is 23.7 Å². The predicted octanol–water partition coefficient (Wildman–Crippen LogP) is 5.33. The van der Waals surface area contributed by atoms with E-state index < -0.39 is 0 Å². The Hall–Kier alpha value is -2.35. The van der Waals surface area contributed by atoms with Crippen molar-refractivity contribution in [1.29, 1.82) is 0 Å². The molecule has 5 nitrogen and oxygen atoms in total. The van der Waals surface area contributed by atoms with Crippen LogP contribution < -0.4 is 10.2 Å². The lowest BCUT2D eigenvalue weighted by molar-refractivity contribution is -0.118. The van der Waals surface area contributed by atoms with E-state index in [0.29, 0.717) is 23.0 Å². The molecule has 1 aromatic heterocycles. The second kappa shape index (κ2) is 11.8. The summed E-state index contributed by atoms with van der Waals surface area (Å²) in [5.74, 6) is 0.287. The summed E-state index contributed by atoms with van der Waals surface area (Å²) in [6.07, 6.45) is 5.25. The van der Waals surface area contributed by atoms with E-state index in [4.69, 9.17) is 16.6 Å². The molecule has 1 aliphatic heterocycles. The lowest BCUT2D eigenvalue weighted by atomic mass is 9.94. The Bertz CT molecular complexity index is 1230. The van der Waals surface area contributed by atoms with Crippen molar-refractivity contribution in [2.24, 2.45) is 0 Å². The number of aromatic nitrogens is 1. The topological polar surface area (TPSA) is 48.5 Å². The number of amides is 1. The van der Waals surface area contributed by atoms with Crippen LogP contribution in [0.2, 0.25) is 5.02 Å². The van der Waals surface area contributed by atoms with Crippen molar-refractivity contribution in [3.8, 4) is 0 Å². The molecule has 2 aromatic carbocycles. The first-order valence-corrected chi connectivity index (χ1v) is 14.2. The van der Waals surface area contributed by atoms with Crippen LogP contribution in [0.4, 0.5) is 10.1 Å². The smallest absolute Gasteiger partial charge is 0.230 e. The molecule has 1 amide bonds. The molecule has 1 saturated heterocycles. The Morgan fingerprint density at radius 2 is 1.89 bits per heavy atom. The Balaban J connectivity index is 1.08. The fourth-order valence-electron chi connectivity index (χ4n) is 5.16. The zero-order valence-electron chi connectivity index (χ0n) is 20.4. The van der Waals surface area contributed by atoms with E-state index in [9.17, 15) is 9.18 Å². The second-order valence-electron chi connectivity index (χ2n) is 9.51. The minimum Gasteiger partial charge on any atom is -0.367 e. The number of anilines is 1. The summed E-state index contributed by atoms with van der Waals surface area (Å²) in [7, 11) is 0.